The van der Waals surface area contributed by atoms with Crippen LogP contribution in [0, 0.1) is 5.82 Å². The number of H-pyrrole nitrogens is 1. The van der Waals surface area contributed by atoms with Crippen molar-refractivity contribution < 1.29 is 9.18 Å². The van der Waals surface area contributed by atoms with Gasteiger partial charge < -0.3 is 4.98 Å². The number of rotatable bonds is 0. The second-order valence-electron chi connectivity index (χ2n) is 3.59. The zero-order chi connectivity index (χ0) is 9.71. The van der Waals surface area contributed by atoms with Crippen molar-refractivity contribution in [2.75, 3.05) is 0 Å². The molecule has 1 aromatic carbocycles. The van der Waals surface area contributed by atoms with Crippen LogP contribution >= 0.6 is 0 Å². The molecule has 1 heterocycles. The second-order valence-corrected chi connectivity index (χ2v) is 3.59. The SMILES string of the molecule is O=C1CCc2c1[nH]c1ccc(F)cc21. The number of aryl methyl sites for hydroxylation is 1. The van der Waals surface area contributed by atoms with E-state index in [1.807, 2.05) is 0 Å². The highest BCUT2D eigenvalue weighted by molar-refractivity contribution is 6.05. The number of halogens is 1. The lowest BCUT2D eigenvalue weighted by Gasteiger charge is -1.92. The van der Waals surface area contributed by atoms with E-state index in [1.165, 1.54) is 12.1 Å². The van der Waals surface area contributed by atoms with Gasteiger partial charge >= 0.3 is 0 Å². The van der Waals surface area contributed by atoms with Gasteiger partial charge in [0, 0.05) is 17.3 Å². The van der Waals surface area contributed by atoms with Crippen molar-refractivity contribution in [1.82, 2.24) is 4.98 Å². The highest BCUT2D eigenvalue weighted by Gasteiger charge is 2.23. The lowest BCUT2D eigenvalue weighted by Crippen LogP contribution is -1.90. The number of Topliss-reactive ketones (excluding diaryl/α,β-unsaturated/α-hetero) is 1. The number of carbonyl (C=O) groups is 1. The van der Waals surface area contributed by atoms with Gasteiger partial charge in [-0.2, -0.15) is 0 Å². The fourth-order valence-electron chi connectivity index (χ4n) is 2.08. The van der Waals surface area contributed by atoms with Crippen LogP contribution in [-0.2, 0) is 6.42 Å². The average molecular weight is 189 g/mol. The summed E-state index contributed by atoms with van der Waals surface area (Å²) in [4.78, 5) is 14.4. The lowest BCUT2D eigenvalue weighted by atomic mass is 10.1. The minimum absolute atomic E-state index is 0.136. The van der Waals surface area contributed by atoms with Crippen LogP contribution in [0.3, 0.4) is 0 Å². The normalized spacial score (nSPS) is 15.1. The minimum atomic E-state index is -0.251. The summed E-state index contributed by atoms with van der Waals surface area (Å²) in [6, 6.07) is 4.57. The average Bonchev–Trinajstić information content (AvgIpc) is 2.67. The highest BCUT2D eigenvalue weighted by Crippen LogP contribution is 2.30. The van der Waals surface area contributed by atoms with Crippen molar-refractivity contribution >= 4 is 16.7 Å². The Kier molecular flexibility index (Phi) is 1.35. The summed E-state index contributed by atoms with van der Waals surface area (Å²) in [5.41, 5.74) is 2.50. The fraction of sp³-hybridized carbons (Fsp3) is 0.182. The van der Waals surface area contributed by atoms with E-state index in [4.69, 9.17) is 0 Å². The van der Waals surface area contributed by atoms with Gasteiger partial charge in [0.2, 0.25) is 0 Å². The quantitative estimate of drug-likeness (QED) is 0.678. The van der Waals surface area contributed by atoms with E-state index < -0.39 is 0 Å². The standard InChI is InChI=1S/C11H8FNO/c12-6-1-3-9-8(5-6)7-2-4-10(14)11(7)13-9/h1,3,5,13H,2,4H2. The molecule has 0 saturated heterocycles. The Hall–Kier alpha value is -1.64. The van der Waals surface area contributed by atoms with Gasteiger partial charge in [-0.25, -0.2) is 4.39 Å². The third-order valence-electron chi connectivity index (χ3n) is 2.75. The third kappa shape index (κ3) is 0.867. The summed E-state index contributed by atoms with van der Waals surface area (Å²) < 4.78 is 13.0. The minimum Gasteiger partial charge on any atom is -0.352 e. The van der Waals surface area contributed by atoms with Crippen molar-refractivity contribution in [2.45, 2.75) is 12.8 Å². The number of ketones is 1. The van der Waals surface area contributed by atoms with Crippen molar-refractivity contribution in [1.29, 1.82) is 0 Å². The third-order valence-corrected chi connectivity index (χ3v) is 2.75. The summed E-state index contributed by atoms with van der Waals surface area (Å²) in [7, 11) is 0. The molecule has 0 atom stereocenters. The lowest BCUT2D eigenvalue weighted by molar-refractivity contribution is 0.0991. The van der Waals surface area contributed by atoms with Crippen molar-refractivity contribution in [3.05, 3.63) is 35.3 Å². The van der Waals surface area contributed by atoms with Crippen LogP contribution in [0.5, 0.6) is 0 Å². The summed E-state index contributed by atoms with van der Waals surface area (Å²) in [6.07, 6.45) is 1.28. The molecule has 0 aliphatic heterocycles. The zero-order valence-corrected chi connectivity index (χ0v) is 7.43. The first-order valence-electron chi connectivity index (χ1n) is 4.59. The number of carbonyl (C=O) groups excluding carboxylic acids is 1. The smallest absolute Gasteiger partial charge is 0.179 e. The molecule has 3 heteroatoms. The van der Waals surface area contributed by atoms with Gasteiger partial charge in [0.1, 0.15) is 5.82 Å². The molecule has 0 radical (unpaired) electrons. The molecule has 0 spiro atoms. The summed E-state index contributed by atoms with van der Waals surface area (Å²) in [5.74, 6) is -0.116. The number of benzene rings is 1. The Labute approximate surface area is 79.7 Å². The molecular formula is C11H8FNO. The van der Waals surface area contributed by atoms with Crippen LogP contribution in [0.25, 0.3) is 10.9 Å². The van der Waals surface area contributed by atoms with E-state index in [9.17, 15) is 9.18 Å². The highest BCUT2D eigenvalue weighted by atomic mass is 19.1. The molecule has 1 aliphatic carbocycles. The monoisotopic (exact) mass is 189 g/mol. The van der Waals surface area contributed by atoms with Gasteiger partial charge in [0.15, 0.2) is 5.78 Å². The molecule has 1 aliphatic rings. The van der Waals surface area contributed by atoms with Gasteiger partial charge in [-0.15, -0.1) is 0 Å². The Morgan fingerprint density at radius 1 is 1.29 bits per heavy atom. The number of fused-ring (bicyclic) bond motifs is 3. The Bertz CT molecular complexity index is 541. The first-order valence-corrected chi connectivity index (χ1v) is 4.59. The summed E-state index contributed by atoms with van der Waals surface area (Å²) >= 11 is 0. The van der Waals surface area contributed by atoms with Gasteiger partial charge in [0.25, 0.3) is 0 Å². The molecule has 0 bridgehead atoms. The van der Waals surface area contributed by atoms with Crippen LogP contribution in [0.4, 0.5) is 4.39 Å². The van der Waals surface area contributed by atoms with E-state index in [2.05, 4.69) is 4.98 Å². The van der Waals surface area contributed by atoms with Crippen molar-refractivity contribution in [3.8, 4) is 0 Å². The second kappa shape index (κ2) is 2.44. The van der Waals surface area contributed by atoms with E-state index >= 15 is 0 Å². The Balaban J connectivity index is 2.41. The Morgan fingerprint density at radius 2 is 2.14 bits per heavy atom. The number of hydrogen-bond acceptors (Lipinski definition) is 1. The molecule has 2 nitrogen and oxygen atoms in total. The number of nitrogens with one attached hydrogen (secondary N) is 1. The molecule has 0 amide bonds. The van der Waals surface area contributed by atoms with E-state index in [0.29, 0.717) is 12.1 Å². The van der Waals surface area contributed by atoms with E-state index in [-0.39, 0.29) is 11.6 Å². The van der Waals surface area contributed by atoms with Crippen molar-refractivity contribution in [2.24, 2.45) is 0 Å². The maximum atomic E-state index is 13.0. The molecule has 0 unspecified atom stereocenters. The maximum absolute atomic E-state index is 13.0. The first kappa shape index (κ1) is 7.74. The fourth-order valence-corrected chi connectivity index (χ4v) is 2.08. The van der Waals surface area contributed by atoms with E-state index in [0.717, 1.165) is 22.9 Å². The van der Waals surface area contributed by atoms with Crippen molar-refractivity contribution in [3.63, 3.8) is 0 Å². The predicted molar refractivity (Wildman–Crippen MR) is 50.9 cm³/mol. The number of aromatic amines is 1. The zero-order valence-electron chi connectivity index (χ0n) is 7.43. The first-order chi connectivity index (χ1) is 6.75. The predicted octanol–water partition coefficient (Wildman–Crippen LogP) is 2.44. The summed E-state index contributed by atoms with van der Waals surface area (Å²) in [5, 5.41) is 0.853. The van der Waals surface area contributed by atoms with Crippen LogP contribution in [0.15, 0.2) is 18.2 Å². The van der Waals surface area contributed by atoms with Crippen LogP contribution < -0.4 is 0 Å². The largest absolute Gasteiger partial charge is 0.352 e. The van der Waals surface area contributed by atoms with Crippen LogP contribution in [0.2, 0.25) is 0 Å². The molecule has 0 fully saturated rings. The molecular weight excluding hydrogens is 181 g/mol. The molecule has 1 aromatic heterocycles. The van der Waals surface area contributed by atoms with Gasteiger partial charge in [-0.3, -0.25) is 4.79 Å². The topological polar surface area (TPSA) is 32.9 Å². The molecule has 0 saturated carbocycles. The molecule has 2 aromatic rings. The number of hydrogen-bond donors (Lipinski definition) is 1. The maximum Gasteiger partial charge on any atom is 0.179 e. The van der Waals surface area contributed by atoms with Gasteiger partial charge in [0.05, 0.1) is 5.69 Å². The van der Waals surface area contributed by atoms with Crippen LogP contribution in [-0.4, -0.2) is 10.8 Å². The van der Waals surface area contributed by atoms with Gasteiger partial charge in [-0.05, 0) is 30.2 Å². The molecule has 14 heavy (non-hydrogen) atoms. The van der Waals surface area contributed by atoms with Gasteiger partial charge in [-0.1, -0.05) is 0 Å². The summed E-state index contributed by atoms with van der Waals surface area (Å²) in [6.45, 7) is 0. The van der Waals surface area contributed by atoms with E-state index in [1.54, 1.807) is 6.07 Å². The molecule has 3 rings (SSSR count). The molecule has 70 valence electrons. The Morgan fingerprint density at radius 3 is 3.00 bits per heavy atom. The van der Waals surface area contributed by atoms with Crippen LogP contribution in [0.1, 0.15) is 22.5 Å². The molecule has 1 N–H and O–H groups in total. The number of aromatic nitrogens is 1.